The lowest BCUT2D eigenvalue weighted by Gasteiger charge is -2.28. The average Bonchev–Trinajstić information content (AvgIpc) is 2.85. The highest BCUT2D eigenvalue weighted by Crippen LogP contribution is 2.19. The lowest BCUT2D eigenvalue weighted by molar-refractivity contribution is 0.0714. The summed E-state index contributed by atoms with van der Waals surface area (Å²) >= 11 is 0. The Kier molecular flexibility index (Phi) is 3.25. The van der Waals surface area contributed by atoms with Crippen molar-refractivity contribution in [2.24, 2.45) is 0 Å². The van der Waals surface area contributed by atoms with Gasteiger partial charge in [0.2, 0.25) is 0 Å². The fourth-order valence-electron chi connectivity index (χ4n) is 2.72. The molecule has 4 heteroatoms. The second-order valence-corrected chi connectivity index (χ2v) is 5.20. The van der Waals surface area contributed by atoms with Crippen LogP contribution in [-0.2, 0) is 0 Å². The van der Waals surface area contributed by atoms with Crippen LogP contribution in [0.25, 0.3) is 10.9 Å². The first-order valence-corrected chi connectivity index (χ1v) is 6.81. The number of hydrogen-bond acceptors (Lipinski definition) is 2. The molecule has 1 heterocycles. The lowest BCUT2D eigenvalue weighted by Crippen LogP contribution is -2.45. The molecule has 0 radical (unpaired) electrons. The normalized spacial score (nSPS) is 23.4. The molecule has 2 atom stereocenters. The van der Waals surface area contributed by atoms with Gasteiger partial charge in [0.15, 0.2) is 0 Å². The Balaban J connectivity index is 1.76. The van der Waals surface area contributed by atoms with Crippen molar-refractivity contribution in [3.63, 3.8) is 0 Å². The van der Waals surface area contributed by atoms with Gasteiger partial charge in [-0.2, -0.15) is 0 Å². The molecule has 3 rings (SSSR count). The number of rotatable bonds is 2. The minimum atomic E-state index is -0.415. The fraction of sp³-hybridized carbons (Fsp3) is 0.400. The Morgan fingerprint density at radius 2 is 2.05 bits per heavy atom. The van der Waals surface area contributed by atoms with Crippen molar-refractivity contribution in [2.75, 3.05) is 0 Å². The van der Waals surface area contributed by atoms with E-state index in [2.05, 4.69) is 10.3 Å². The minimum Gasteiger partial charge on any atom is -0.391 e. The Labute approximate surface area is 111 Å². The summed E-state index contributed by atoms with van der Waals surface area (Å²) in [7, 11) is 0. The van der Waals surface area contributed by atoms with Crippen molar-refractivity contribution < 1.29 is 9.90 Å². The highest BCUT2D eigenvalue weighted by atomic mass is 16.3. The van der Waals surface area contributed by atoms with Crippen LogP contribution in [0, 0.1) is 0 Å². The molecule has 1 amide bonds. The van der Waals surface area contributed by atoms with Crippen LogP contribution in [0.3, 0.4) is 0 Å². The van der Waals surface area contributed by atoms with Crippen molar-refractivity contribution in [1.82, 2.24) is 10.3 Å². The van der Waals surface area contributed by atoms with E-state index in [1.54, 1.807) is 0 Å². The lowest BCUT2D eigenvalue weighted by atomic mass is 9.92. The standard InChI is InChI=1S/C15H18N2O2/c18-14-8-4-3-7-12(14)17-15(19)13-9-10-5-1-2-6-11(10)16-13/h1-2,5-6,9,12,14,16,18H,3-4,7-8H2,(H,17,19)/t12-,14-/m1/s1. The summed E-state index contributed by atoms with van der Waals surface area (Å²) < 4.78 is 0. The molecule has 0 unspecified atom stereocenters. The summed E-state index contributed by atoms with van der Waals surface area (Å²) in [6.07, 6.45) is 3.32. The van der Waals surface area contributed by atoms with E-state index in [4.69, 9.17) is 0 Å². The second-order valence-electron chi connectivity index (χ2n) is 5.20. The third-order valence-corrected chi connectivity index (χ3v) is 3.82. The highest BCUT2D eigenvalue weighted by molar-refractivity contribution is 5.98. The molecule has 1 saturated carbocycles. The molecule has 0 spiro atoms. The first-order chi connectivity index (χ1) is 9.24. The molecular weight excluding hydrogens is 240 g/mol. The van der Waals surface area contributed by atoms with E-state index >= 15 is 0 Å². The predicted molar refractivity (Wildman–Crippen MR) is 74.0 cm³/mol. The summed E-state index contributed by atoms with van der Waals surface area (Å²) in [5, 5.41) is 13.8. The highest BCUT2D eigenvalue weighted by Gasteiger charge is 2.25. The van der Waals surface area contributed by atoms with E-state index in [0.29, 0.717) is 5.69 Å². The van der Waals surface area contributed by atoms with Crippen LogP contribution in [0.15, 0.2) is 30.3 Å². The van der Waals surface area contributed by atoms with Crippen LogP contribution in [0.2, 0.25) is 0 Å². The van der Waals surface area contributed by atoms with Gasteiger partial charge in [0, 0.05) is 10.9 Å². The second kappa shape index (κ2) is 5.05. The molecule has 1 aliphatic carbocycles. The van der Waals surface area contributed by atoms with E-state index in [-0.39, 0.29) is 11.9 Å². The zero-order chi connectivity index (χ0) is 13.2. The summed E-state index contributed by atoms with van der Waals surface area (Å²) in [5.41, 5.74) is 1.51. The number of H-pyrrole nitrogens is 1. The van der Waals surface area contributed by atoms with Crippen LogP contribution in [0.1, 0.15) is 36.2 Å². The zero-order valence-electron chi connectivity index (χ0n) is 10.7. The van der Waals surface area contributed by atoms with Crippen LogP contribution >= 0.6 is 0 Å². The maximum absolute atomic E-state index is 12.2. The molecule has 1 aromatic carbocycles. The first kappa shape index (κ1) is 12.2. The van der Waals surface area contributed by atoms with E-state index in [0.717, 1.165) is 36.6 Å². The summed E-state index contributed by atoms with van der Waals surface area (Å²) in [6, 6.07) is 9.53. The maximum Gasteiger partial charge on any atom is 0.268 e. The Bertz CT molecular complexity index is 558. The summed E-state index contributed by atoms with van der Waals surface area (Å²) in [4.78, 5) is 15.3. The molecule has 0 aliphatic heterocycles. The number of aromatic amines is 1. The van der Waals surface area contributed by atoms with E-state index in [1.165, 1.54) is 0 Å². The van der Waals surface area contributed by atoms with Gasteiger partial charge in [-0.3, -0.25) is 4.79 Å². The third kappa shape index (κ3) is 2.49. The molecule has 1 aromatic heterocycles. The minimum absolute atomic E-state index is 0.118. The number of hydrogen-bond donors (Lipinski definition) is 3. The van der Waals surface area contributed by atoms with Crippen LogP contribution in [0.4, 0.5) is 0 Å². The third-order valence-electron chi connectivity index (χ3n) is 3.82. The molecule has 1 fully saturated rings. The number of fused-ring (bicyclic) bond motifs is 1. The van der Waals surface area contributed by atoms with Gasteiger partial charge in [0.25, 0.3) is 5.91 Å². The van der Waals surface area contributed by atoms with Gasteiger partial charge in [-0.25, -0.2) is 0 Å². The SMILES string of the molecule is O=C(N[C@@H]1CCCC[C@H]1O)c1cc2ccccc2[nH]1. The number of aliphatic hydroxyl groups is 1. The van der Waals surface area contributed by atoms with Crippen molar-refractivity contribution in [2.45, 2.75) is 37.8 Å². The van der Waals surface area contributed by atoms with E-state index < -0.39 is 6.10 Å². The van der Waals surface area contributed by atoms with Gasteiger partial charge in [0.1, 0.15) is 5.69 Å². The molecule has 3 N–H and O–H groups in total. The number of carbonyl (C=O) groups excluding carboxylic acids is 1. The van der Waals surface area contributed by atoms with Gasteiger partial charge < -0.3 is 15.4 Å². The molecule has 100 valence electrons. The van der Waals surface area contributed by atoms with Gasteiger partial charge in [-0.1, -0.05) is 31.0 Å². The number of benzene rings is 1. The quantitative estimate of drug-likeness (QED) is 0.773. The number of aromatic nitrogens is 1. The number of aliphatic hydroxyl groups excluding tert-OH is 1. The van der Waals surface area contributed by atoms with Crippen LogP contribution < -0.4 is 5.32 Å². The van der Waals surface area contributed by atoms with Crippen LogP contribution in [0.5, 0.6) is 0 Å². The molecule has 4 nitrogen and oxygen atoms in total. The Morgan fingerprint density at radius 3 is 2.84 bits per heavy atom. The molecule has 0 saturated heterocycles. The van der Waals surface area contributed by atoms with Gasteiger partial charge >= 0.3 is 0 Å². The number of nitrogens with one attached hydrogen (secondary N) is 2. The predicted octanol–water partition coefficient (Wildman–Crippen LogP) is 2.20. The van der Waals surface area contributed by atoms with Crippen LogP contribution in [-0.4, -0.2) is 28.1 Å². The monoisotopic (exact) mass is 258 g/mol. The smallest absolute Gasteiger partial charge is 0.268 e. The molecule has 19 heavy (non-hydrogen) atoms. The largest absolute Gasteiger partial charge is 0.391 e. The average molecular weight is 258 g/mol. The van der Waals surface area contributed by atoms with Gasteiger partial charge in [-0.15, -0.1) is 0 Å². The summed E-state index contributed by atoms with van der Waals surface area (Å²) in [5.74, 6) is -0.137. The number of carbonyl (C=O) groups is 1. The zero-order valence-corrected chi connectivity index (χ0v) is 10.7. The van der Waals surface area contributed by atoms with Gasteiger partial charge in [-0.05, 0) is 25.0 Å². The molecule has 2 aromatic rings. The van der Waals surface area contributed by atoms with Crippen molar-refractivity contribution in [3.8, 4) is 0 Å². The number of para-hydroxylation sites is 1. The molecule has 1 aliphatic rings. The maximum atomic E-state index is 12.2. The van der Waals surface area contributed by atoms with Crippen molar-refractivity contribution >= 4 is 16.8 Å². The van der Waals surface area contributed by atoms with E-state index in [9.17, 15) is 9.90 Å². The van der Waals surface area contributed by atoms with Crippen molar-refractivity contribution in [3.05, 3.63) is 36.0 Å². The van der Waals surface area contributed by atoms with E-state index in [1.807, 2.05) is 30.3 Å². The topological polar surface area (TPSA) is 65.1 Å². The number of amides is 1. The Hall–Kier alpha value is -1.81. The van der Waals surface area contributed by atoms with Gasteiger partial charge in [0.05, 0.1) is 12.1 Å². The first-order valence-electron chi connectivity index (χ1n) is 6.81. The summed E-state index contributed by atoms with van der Waals surface area (Å²) in [6.45, 7) is 0. The fourth-order valence-corrected chi connectivity index (χ4v) is 2.72. The Morgan fingerprint density at radius 1 is 1.26 bits per heavy atom. The molecule has 0 bridgehead atoms. The molecular formula is C15H18N2O2. The van der Waals surface area contributed by atoms with Crippen molar-refractivity contribution in [1.29, 1.82) is 0 Å².